The third-order valence-electron chi connectivity index (χ3n) is 4.57. The molecule has 4 heterocycles. The lowest BCUT2D eigenvalue weighted by atomic mass is 10.4. The topological polar surface area (TPSA) is 115 Å². The molecule has 10 nitrogen and oxygen atoms in total. The minimum absolute atomic E-state index is 0.134. The second-order valence-corrected chi connectivity index (χ2v) is 9.29. The van der Waals surface area contributed by atoms with Crippen LogP contribution in [0.2, 0.25) is 0 Å². The largest absolute Gasteiger partial charge is 0.438 e. The Morgan fingerprint density at radius 2 is 1.96 bits per heavy atom. The molecule has 0 radical (unpaired) electrons. The van der Waals surface area contributed by atoms with E-state index in [1.807, 2.05) is 22.4 Å². The molecule has 1 aliphatic heterocycles. The van der Waals surface area contributed by atoms with Crippen LogP contribution in [0.15, 0.2) is 36.1 Å². The number of aryl methyl sites for hydroxylation is 2. The number of hydrogen-bond acceptors (Lipinski definition) is 9. The maximum absolute atomic E-state index is 12.9. The highest BCUT2D eigenvalue weighted by molar-refractivity contribution is 7.89. The number of rotatable bonds is 5. The standard InChI is InChI=1S/C16H19N5O5S2/c1-11-14(12(2)26-18-11)28(23,24)20-7-5-19(6-8-20)10-21-16(22)25-15(17-21)13-4-3-9-27-13/h3-4,9H,5-8,10H2,1-2H3. The van der Waals surface area contributed by atoms with Gasteiger partial charge in [0.15, 0.2) is 5.76 Å². The monoisotopic (exact) mass is 425 g/mol. The van der Waals surface area contributed by atoms with Crippen molar-refractivity contribution in [3.63, 3.8) is 0 Å². The maximum Gasteiger partial charge on any atom is 0.438 e. The predicted molar refractivity (Wildman–Crippen MR) is 100 cm³/mol. The highest BCUT2D eigenvalue weighted by Crippen LogP contribution is 2.24. The van der Waals surface area contributed by atoms with Crippen molar-refractivity contribution in [3.05, 3.63) is 39.5 Å². The molecule has 12 heteroatoms. The Morgan fingerprint density at radius 1 is 1.21 bits per heavy atom. The fourth-order valence-electron chi connectivity index (χ4n) is 3.17. The van der Waals surface area contributed by atoms with Crippen LogP contribution in [0.1, 0.15) is 11.5 Å². The summed E-state index contributed by atoms with van der Waals surface area (Å²) in [6.45, 7) is 4.99. The van der Waals surface area contributed by atoms with Gasteiger partial charge in [0.1, 0.15) is 17.3 Å². The Kier molecular flexibility index (Phi) is 4.95. The van der Waals surface area contributed by atoms with Crippen LogP contribution in [-0.4, -0.2) is 58.7 Å². The summed E-state index contributed by atoms with van der Waals surface area (Å²) in [6, 6.07) is 3.69. The van der Waals surface area contributed by atoms with Gasteiger partial charge in [0.05, 0.1) is 4.88 Å². The molecule has 1 fully saturated rings. The van der Waals surface area contributed by atoms with E-state index in [9.17, 15) is 13.2 Å². The van der Waals surface area contributed by atoms with E-state index in [1.54, 1.807) is 13.8 Å². The van der Waals surface area contributed by atoms with Crippen LogP contribution in [0, 0.1) is 13.8 Å². The zero-order chi connectivity index (χ0) is 19.9. The molecule has 0 aliphatic carbocycles. The van der Waals surface area contributed by atoms with Crippen molar-refractivity contribution >= 4 is 21.4 Å². The first kappa shape index (κ1) is 19.1. The number of piperazine rings is 1. The smallest absolute Gasteiger partial charge is 0.387 e. The van der Waals surface area contributed by atoms with Crippen LogP contribution < -0.4 is 5.76 Å². The number of nitrogens with zero attached hydrogens (tertiary/aromatic N) is 5. The molecule has 1 aliphatic rings. The molecule has 0 saturated carbocycles. The number of aromatic nitrogens is 3. The quantitative estimate of drug-likeness (QED) is 0.598. The lowest BCUT2D eigenvalue weighted by molar-refractivity contribution is 0.141. The highest BCUT2D eigenvalue weighted by atomic mass is 32.2. The molecule has 0 N–H and O–H groups in total. The second-order valence-electron chi connectivity index (χ2n) is 6.47. The molecule has 150 valence electrons. The van der Waals surface area contributed by atoms with E-state index in [-0.39, 0.29) is 17.3 Å². The van der Waals surface area contributed by atoms with Gasteiger partial charge < -0.3 is 8.94 Å². The van der Waals surface area contributed by atoms with Crippen molar-refractivity contribution in [1.29, 1.82) is 0 Å². The Morgan fingerprint density at radius 3 is 2.57 bits per heavy atom. The Hall–Kier alpha value is -2.28. The van der Waals surface area contributed by atoms with Gasteiger partial charge in [-0.3, -0.25) is 4.90 Å². The van der Waals surface area contributed by atoms with E-state index >= 15 is 0 Å². The normalized spacial score (nSPS) is 16.6. The fourth-order valence-corrected chi connectivity index (χ4v) is 5.53. The average molecular weight is 425 g/mol. The van der Waals surface area contributed by atoms with Crippen molar-refractivity contribution in [1.82, 2.24) is 24.1 Å². The van der Waals surface area contributed by atoms with Crippen LogP contribution in [0.4, 0.5) is 0 Å². The molecule has 0 atom stereocenters. The third-order valence-corrected chi connectivity index (χ3v) is 7.57. The van der Waals surface area contributed by atoms with Crippen molar-refractivity contribution < 1.29 is 17.4 Å². The van der Waals surface area contributed by atoms with Gasteiger partial charge in [0, 0.05) is 26.2 Å². The van der Waals surface area contributed by atoms with Gasteiger partial charge in [-0.25, -0.2) is 13.2 Å². The van der Waals surface area contributed by atoms with Crippen molar-refractivity contribution in [3.8, 4) is 10.8 Å². The molecule has 0 amide bonds. The molecule has 3 aromatic rings. The first-order valence-corrected chi connectivity index (χ1v) is 11.0. The van der Waals surface area contributed by atoms with Crippen LogP contribution >= 0.6 is 11.3 Å². The summed E-state index contributed by atoms with van der Waals surface area (Å²) in [7, 11) is -3.66. The van der Waals surface area contributed by atoms with E-state index in [4.69, 9.17) is 8.94 Å². The third kappa shape index (κ3) is 3.43. The molecule has 0 spiro atoms. The summed E-state index contributed by atoms with van der Waals surface area (Å²) < 4.78 is 38.6. The Balaban J connectivity index is 1.43. The Labute approximate surface area is 165 Å². The SMILES string of the molecule is Cc1noc(C)c1S(=O)(=O)N1CCN(Cn2nc(-c3cccs3)oc2=O)CC1. The van der Waals surface area contributed by atoms with Crippen molar-refractivity contribution in [2.75, 3.05) is 26.2 Å². The lowest BCUT2D eigenvalue weighted by Crippen LogP contribution is -2.49. The summed E-state index contributed by atoms with van der Waals surface area (Å²) in [5, 5.41) is 9.85. The first-order chi connectivity index (χ1) is 13.4. The highest BCUT2D eigenvalue weighted by Gasteiger charge is 2.33. The summed E-state index contributed by atoms with van der Waals surface area (Å²) >= 11 is 1.44. The zero-order valence-electron chi connectivity index (χ0n) is 15.4. The van der Waals surface area contributed by atoms with Gasteiger partial charge >= 0.3 is 5.76 Å². The van der Waals surface area contributed by atoms with E-state index in [2.05, 4.69) is 10.3 Å². The van der Waals surface area contributed by atoms with E-state index in [1.165, 1.54) is 20.3 Å². The number of thiophene rings is 1. The van der Waals surface area contributed by atoms with Crippen molar-refractivity contribution in [2.24, 2.45) is 0 Å². The summed E-state index contributed by atoms with van der Waals surface area (Å²) in [4.78, 5) is 14.9. The molecule has 4 rings (SSSR count). The Bertz CT molecular complexity index is 1100. The van der Waals surface area contributed by atoms with Crippen LogP contribution in [0.25, 0.3) is 10.8 Å². The molecule has 0 aromatic carbocycles. The summed E-state index contributed by atoms with van der Waals surface area (Å²) in [5.41, 5.74) is 0.357. The maximum atomic E-state index is 12.9. The lowest BCUT2D eigenvalue weighted by Gasteiger charge is -2.33. The molecular formula is C16H19N5O5S2. The number of sulfonamides is 1. The summed E-state index contributed by atoms with van der Waals surface area (Å²) in [5.74, 6) is 0.0454. The molecule has 0 unspecified atom stereocenters. The van der Waals surface area contributed by atoms with Gasteiger partial charge in [-0.05, 0) is 25.3 Å². The van der Waals surface area contributed by atoms with E-state index in [0.717, 1.165) is 4.88 Å². The van der Waals surface area contributed by atoms with Gasteiger partial charge in [-0.15, -0.1) is 16.4 Å². The molecular weight excluding hydrogens is 406 g/mol. The molecule has 28 heavy (non-hydrogen) atoms. The first-order valence-electron chi connectivity index (χ1n) is 8.63. The van der Waals surface area contributed by atoms with Crippen LogP contribution in [0.3, 0.4) is 0 Å². The van der Waals surface area contributed by atoms with Crippen LogP contribution in [0.5, 0.6) is 0 Å². The van der Waals surface area contributed by atoms with Crippen LogP contribution in [-0.2, 0) is 16.7 Å². The zero-order valence-corrected chi connectivity index (χ0v) is 17.0. The summed E-state index contributed by atoms with van der Waals surface area (Å²) in [6.07, 6.45) is 0. The van der Waals surface area contributed by atoms with Gasteiger partial charge in [-0.1, -0.05) is 11.2 Å². The minimum Gasteiger partial charge on any atom is -0.387 e. The van der Waals surface area contributed by atoms with E-state index in [0.29, 0.717) is 37.8 Å². The molecule has 1 saturated heterocycles. The van der Waals surface area contributed by atoms with Crippen molar-refractivity contribution in [2.45, 2.75) is 25.4 Å². The fraction of sp³-hybridized carbons (Fsp3) is 0.438. The molecule has 0 bridgehead atoms. The predicted octanol–water partition coefficient (Wildman–Crippen LogP) is 1.13. The minimum atomic E-state index is -3.66. The molecule has 3 aromatic heterocycles. The average Bonchev–Trinajstić information content (AvgIpc) is 3.37. The number of hydrogen-bond donors (Lipinski definition) is 0. The van der Waals surface area contributed by atoms with Gasteiger partial charge in [0.25, 0.3) is 5.89 Å². The second kappa shape index (κ2) is 7.28. The van der Waals surface area contributed by atoms with E-state index < -0.39 is 15.8 Å². The van der Waals surface area contributed by atoms with Gasteiger partial charge in [-0.2, -0.15) is 8.99 Å². The van der Waals surface area contributed by atoms with Gasteiger partial charge in [0.2, 0.25) is 10.0 Å².